The lowest BCUT2D eigenvalue weighted by atomic mass is 10.0. The van der Waals surface area contributed by atoms with Crippen molar-refractivity contribution in [2.45, 2.75) is 13.0 Å². The number of ether oxygens (including phenoxy) is 2. The molecule has 2 rings (SSSR count). The minimum Gasteiger partial charge on any atom is -0.493 e. The van der Waals surface area contributed by atoms with Crippen LogP contribution in [0.5, 0.6) is 11.5 Å². The second-order valence-corrected chi connectivity index (χ2v) is 4.42. The lowest BCUT2D eigenvalue weighted by molar-refractivity contribution is 0.273. The summed E-state index contributed by atoms with van der Waals surface area (Å²) >= 11 is 0. The number of hydrogen-bond acceptors (Lipinski definition) is 3. The highest BCUT2D eigenvalue weighted by atomic mass is 16.5. The van der Waals surface area contributed by atoms with Gasteiger partial charge in [-0.25, -0.2) is 0 Å². The molecule has 0 aromatic heterocycles. The first-order chi connectivity index (χ1) is 9.22. The van der Waals surface area contributed by atoms with Crippen LogP contribution in [-0.4, -0.2) is 13.7 Å². The smallest absolute Gasteiger partial charge is 0.161 e. The molecule has 0 bridgehead atoms. The maximum atomic E-state index is 6.17. The fourth-order valence-corrected chi connectivity index (χ4v) is 2.01. The molecular weight excluding hydrogens is 238 g/mol. The van der Waals surface area contributed by atoms with Crippen molar-refractivity contribution in [3.63, 3.8) is 0 Å². The van der Waals surface area contributed by atoms with Crippen molar-refractivity contribution >= 4 is 0 Å². The van der Waals surface area contributed by atoms with E-state index in [0.717, 1.165) is 11.3 Å². The molecule has 0 radical (unpaired) electrons. The Hall–Kier alpha value is -2.00. The molecule has 0 saturated carbocycles. The first kappa shape index (κ1) is 13.4. The van der Waals surface area contributed by atoms with E-state index in [1.54, 1.807) is 7.11 Å². The molecule has 1 atom stereocenters. The predicted octanol–water partition coefficient (Wildman–Crippen LogP) is 3.08. The van der Waals surface area contributed by atoms with E-state index in [4.69, 9.17) is 15.2 Å². The molecular formula is C16H19NO2. The molecule has 3 heteroatoms. The van der Waals surface area contributed by atoms with Gasteiger partial charge in [0.2, 0.25) is 0 Å². The van der Waals surface area contributed by atoms with Crippen LogP contribution in [0.3, 0.4) is 0 Å². The molecule has 3 nitrogen and oxygen atoms in total. The van der Waals surface area contributed by atoms with Gasteiger partial charge in [-0.3, -0.25) is 0 Å². The Labute approximate surface area is 114 Å². The summed E-state index contributed by atoms with van der Waals surface area (Å²) in [5.74, 6) is 1.44. The lowest BCUT2D eigenvalue weighted by Crippen LogP contribution is -2.20. The van der Waals surface area contributed by atoms with Crippen molar-refractivity contribution in [3.8, 4) is 11.5 Å². The molecule has 19 heavy (non-hydrogen) atoms. The maximum absolute atomic E-state index is 6.17. The second kappa shape index (κ2) is 6.25. The summed E-state index contributed by atoms with van der Waals surface area (Å²) in [6.07, 6.45) is 0. The molecule has 2 N–H and O–H groups in total. The molecule has 2 aromatic rings. The molecule has 0 aliphatic rings. The van der Waals surface area contributed by atoms with Crippen LogP contribution >= 0.6 is 0 Å². The van der Waals surface area contributed by atoms with Crippen molar-refractivity contribution in [3.05, 3.63) is 59.7 Å². The Morgan fingerprint density at radius 2 is 1.63 bits per heavy atom. The predicted molar refractivity (Wildman–Crippen MR) is 76.6 cm³/mol. The molecule has 0 fully saturated rings. The highest BCUT2D eigenvalue weighted by Crippen LogP contribution is 2.27. The van der Waals surface area contributed by atoms with E-state index < -0.39 is 0 Å². The largest absolute Gasteiger partial charge is 0.493 e. The number of methoxy groups -OCH3 is 1. The van der Waals surface area contributed by atoms with Gasteiger partial charge in [0.15, 0.2) is 11.5 Å². The summed E-state index contributed by atoms with van der Waals surface area (Å²) in [5.41, 5.74) is 8.46. The van der Waals surface area contributed by atoms with Crippen LogP contribution in [0.2, 0.25) is 0 Å². The molecule has 2 aromatic carbocycles. The van der Waals surface area contributed by atoms with Gasteiger partial charge in [-0.05, 0) is 30.2 Å². The van der Waals surface area contributed by atoms with Crippen molar-refractivity contribution in [1.29, 1.82) is 0 Å². The van der Waals surface area contributed by atoms with Gasteiger partial charge in [-0.1, -0.05) is 36.4 Å². The number of para-hydroxylation sites is 2. The fraction of sp³-hybridized carbons (Fsp3) is 0.250. The molecule has 1 unspecified atom stereocenters. The normalized spacial score (nSPS) is 11.9. The number of rotatable bonds is 5. The van der Waals surface area contributed by atoms with E-state index in [-0.39, 0.29) is 6.04 Å². The Bertz CT molecular complexity index is 540. The fourth-order valence-electron chi connectivity index (χ4n) is 2.01. The third-order valence-corrected chi connectivity index (χ3v) is 3.08. The quantitative estimate of drug-likeness (QED) is 0.895. The zero-order valence-corrected chi connectivity index (χ0v) is 11.3. The summed E-state index contributed by atoms with van der Waals surface area (Å²) < 4.78 is 11.0. The number of benzene rings is 2. The topological polar surface area (TPSA) is 44.5 Å². The second-order valence-electron chi connectivity index (χ2n) is 4.42. The number of nitrogens with two attached hydrogens (primary N) is 1. The summed E-state index contributed by atoms with van der Waals surface area (Å²) in [7, 11) is 1.63. The van der Waals surface area contributed by atoms with Crippen LogP contribution in [0.4, 0.5) is 0 Å². The average Bonchev–Trinajstić information content (AvgIpc) is 2.45. The van der Waals surface area contributed by atoms with Crippen molar-refractivity contribution < 1.29 is 9.47 Å². The molecule has 0 spiro atoms. The summed E-state index contributed by atoms with van der Waals surface area (Å²) in [6.45, 7) is 2.48. The van der Waals surface area contributed by atoms with Gasteiger partial charge in [0, 0.05) is 0 Å². The molecule has 100 valence electrons. The van der Waals surface area contributed by atoms with Gasteiger partial charge in [0.05, 0.1) is 13.2 Å². The van der Waals surface area contributed by atoms with Crippen molar-refractivity contribution in [2.75, 3.05) is 13.7 Å². The third kappa shape index (κ3) is 3.26. The summed E-state index contributed by atoms with van der Waals surface area (Å²) in [4.78, 5) is 0. The number of hydrogen-bond donors (Lipinski definition) is 1. The molecule has 0 saturated heterocycles. The first-order valence-electron chi connectivity index (χ1n) is 6.29. The Morgan fingerprint density at radius 1 is 1.00 bits per heavy atom. The zero-order chi connectivity index (χ0) is 13.7. The van der Waals surface area contributed by atoms with Gasteiger partial charge in [0.1, 0.15) is 6.61 Å². The van der Waals surface area contributed by atoms with Gasteiger partial charge in [-0.2, -0.15) is 0 Å². The van der Waals surface area contributed by atoms with E-state index >= 15 is 0 Å². The van der Waals surface area contributed by atoms with Gasteiger partial charge < -0.3 is 15.2 Å². The van der Waals surface area contributed by atoms with Crippen LogP contribution in [-0.2, 0) is 0 Å². The molecule has 0 aliphatic heterocycles. The minimum atomic E-state index is -0.147. The van der Waals surface area contributed by atoms with E-state index in [1.165, 1.54) is 5.56 Å². The highest BCUT2D eigenvalue weighted by molar-refractivity contribution is 5.39. The van der Waals surface area contributed by atoms with Gasteiger partial charge >= 0.3 is 0 Å². The van der Waals surface area contributed by atoms with Crippen LogP contribution in [0, 0.1) is 6.92 Å². The van der Waals surface area contributed by atoms with E-state index in [9.17, 15) is 0 Å². The van der Waals surface area contributed by atoms with Crippen LogP contribution < -0.4 is 15.2 Å². The lowest BCUT2D eigenvalue weighted by Gasteiger charge is -2.16. The Balaban J connectivity index is 2.04. The molecule has 0 amide bonds. The molecule has 0 aliphatic carbocycles. The molecule has 0 heterocycles. The van der Waals surface area contributed by atoms with Crippen LogP contribution in [0.15, 0.2) is 48.5 Å². The Kier molecular flexibility index (Phi) is 4.42. The average molecular weight is 257 g/mol. The summed E-state index contributed by atoms with van der Waals surface area (Å²) in [6, 6.07) is 15.5. The van der Waals surface area contributed by atoms with Gasteiger partial charge in [-0.15, -0.1) is 0 Å². The van der Waals surface area contributed by atoms with E-state index in [2.05, 4.69) is 13.0 Å². The minimum absolute atomic E-state index is 0.147. The van der Waals surface area contributed by atoms with Crippen molar-refractivity contribution in [1.82, 2.24) is 0 Å². The maximum Gasteiger partial charge on any atom is 0.161 e. The number of aryl methyl sites for hydroxylation is 1. The zero-order valence-electron chi connectivity index (χ0n) is 11.3. The Morgan fingerprint density at radius 3 is 2.32 bits per heavy atom. The SMILES string of the molecule is COc1ccccc1OCC(N)c1ccccc1C. The van der Waals surface area contributed by atoms with E-state index in [0.29, 0.717) is 12.4 Å². The standard InChI is InChI=1S/C16H19NO2/c1-12-7-3-4-8-13(12)14(17)11-19-16-10-6-5-9-15(16)18-2/h3-10,14H,11,17H2,1-2H3. The highest BCUT2D eigenvalue weighted by Gasteiger charge is 2.10. The summed E-state index contributed by atoms with van der Waals surface area (Å²) in [5, 5.41) is 0. The monoisotopic (exact) mass is 257 g/mol. The first-order valence-corrected chi connectivity index (χ1v) is 6.29. The van der Waals surface area contributed by atoms with Crippen LogP contribution in [0.1, 0.15) is 17.2 Å². The van der Waals surface area contributed by atoms with Gasteiger partial charge in [0.25, 0.3) is 0 Å². The van der Waals surface area contributed by atoms with Crippen molar-refractivity contribution in [2.24, 2.45) is 5.73 Å². The third-order valence-electron chi connectivity index (χ3n) is 3.08. The van der Waals surface area contributed by atoms with E-state index in [1.807, 2.05) is 42.5 Å². The van der Waals surface area contributed by atoms with Crippen LogP contribution in [0.25, 0.3) is 0 Å².